The van der Waals surface area contributed by atoms with E-state index >= 15 is 0 Å². The van der Waals surface area contributed by atoms with Gasteiger partial charge in [0.25, 0.3) is 0 Å². The molecule has 66 valence electrons. The van der Waals surface area contributed by atoms with E-state index in [4.69, 9.17) is 5.73 Å². The van der Waals surface area contributed by atoms with E-state index in [0.717, 1.165) is 6.54 Å². The molecule has 0 heterocycles. The van der Waals surface area contributed by atoms with Crippen molar-refractivity contribution in [2.75, 3.05) is 6.54 Å². The SMILES string of the molecule is CC(C)C[NH+]=C(N)NC(C)C. The second kappa shape index (κ2) is 4.99. The molecule has 0 atom stereocenters. The van der Waals surface area contributed by atoms with Gasteiger partial charge in [0, 0.05) is 0 Å². The smallest absolute Gasteiger partial charge is 0.291 e. The van der Waals surface area contributed by atoms with Gasteiger partial charge in [-0.2, -0.15) is 0 Å². The molecule has 0 rings (SSSR count). The molecule has 0 saturated carbocycles. The molecule has 0 radical (unpaired) electrons. The van der Waals surface area contributed by atoms with Crippen molar-refractivity contribution in [2.24, 2.45) is 11.7 Å². The lowest BCUT2D eigenvalue weighted by molar-refractivity contribution is -0.468. The zero-order valence-corrected chi connectivity index (χ0v) is 7.94. The van der Waals surface area contributed by atoms with Gasteiger partial charge in [-0.25, -0.2) is 0 Å². The van der Waals surface area contributed by atoms with Crippen LogP contribution in [0.2, 0.25) is 0 Å². The molecule has 0 bridgehead atoms. The van der Waals surface area contributed by atoms with Crippen LogP contribution in [0.3, 0.4) is 0 Å². The summed E-state index contributed by atoms with van der Waals surface area (Å²) in [5.74, 6) is 1.30. The zero-order chi connectivity index (χ0) is 8.85. The minimum atomic E-state index is 0.398. The third kappa shape index (κ3) is 7.16. The van der Waals surface area contributed by atoms with Crippen molar-refractivity contribution >= 4 is 5.96 Å². The van der Waals surface area contributed by atoms with Crippen LogP contribution in [0.25, 0.3) is 0 Å². The Hall–Kier alpha value is -0.730. The van der Waals surface area contributed by atoms with Crippen LogP contribution >= 0.6 is 0 Å². The first kappa shape index (κ1) is 10.3. The molecular weight excluding hydrogens is 138 g/mol. The van der Waals surface area contributed by atoms with Gasteiger partial charge in [0.15, 0.2) is 0 Å². The molecule has 0 fully saturated rings. The maximum atomic E-state index is 5.62. The molecule has 4 N–H and O–H groups in total. The van der Waals surface area contributed by atoms with Crippen LogP contribution < -0.4 is 16.0 Å². The molecule has 3 nitrogen and oxygen atoms in total. The molecule has 0 aliphatic carbocycles. The van der Waals surface area contributed by atoms with Crippen molar-refractivity contribution in [2.45, 2.75) is 33.7 Å². The third-order valence-corrected chi connectivity index (χ3v) is 1.14. The van der Waals surface area contributed by atoms with Gasteiger partial charge in [-0.05, 0) is 19.8 Å². The summed E-state index contributed by atoms with van der Waals surface area (Å²) in [7, 11) is 0. The van der Waals surface area contributed by atoms with Crippen LogP contribution in [0.15, 0.2) is 0 Å². The second-order valence-electron chi connectivity index (χ2n) is 3.49. The van der Waals surface area contributed by atoms with E-state index in [1.165, 1.54) is 0 Å². The molecule has 0 aliphatic heterocycles. The van der Waals surface area contributed by atoms with Crippen molar-refractivity contribution in [3.63, 3.8) is 0 Å². The Labute approximate surface area is 69.1 Å². The van der Waals surface area contributed by atoms with Crippen LogP contribution in [-0.4, -0.2) is 18.5 Å². The Balaban J connectivity index is 3.63. The monoisotopic (exact) mass is 158 g/mol. The number of rotatable bonds is 3. The molecule has 0 aliphatic rings. The van der Waals surface area contributed by atoms with E-state index in [0.29, 0.717) is 17.9 Å². The van der Waals surface area contributed by atoms with Gasteiger partial charge < -0.3 is 0 Å². The molecule has 0 aromatic rings. The van der Waals surface area contributed by atoms with Crippen molar-refractivity contribution < 1.29 is 4.99 Å². The molecular formula is C8H20N3+. The Morgan fingerprint density at radius 1 is 1.36 bits per heavy atom. The van der Waals surface area contributed by atoms with Gasteiger partial charge in [0.05, 0.1) is 12.6 Å². The summed E-state index contributed by atoms with van der Waals surface area (Å²) < 4.78 is 0. The fourth-order valence-electron chi connectivity index (χ4n) is 0.676. The summed E-state index contributed by atoms with van der Waals surface area (Å²) in [5.41, 5.74) is 5.62. The van der Waals surface area contributed by atoms with Crippen LogP contribution in [0.1, 0.15) is 27.7 Å². The lowest BCUT2D eigenvalue weighted by atomic mass is 10.2. The van der Waals surface area contributed by atoms with E-state index in [9.17, 15) is 0 Å². The van der Waals surface area contributed by atoms with Gasteiger partial charge in [0.1, 0.15) is 0 Å². The van der Waals surface area contributed by atoms with Crippen molar-refractivity contribution in [3.05, 3.63) is 0 Å². The number of hydrogen-bond donors (Lipinski definition) is 3. The standard InChI is InChI=1S/C8H19N3/c1-6(2)5-10-8(9)11-7(3)4/h6-7H,5H2,1-4H3,(H3,9,10,11)/p+1. The summed E-state index contributed by atoms with van der Waals surface area (Å²) in [6, 6.07) is 0.398. The molecule has 0 saturated heterocycles. The average Bonchev–Trinajstić information content (AvgIpc) is 1.82. The van der Waals surface area contributed by atoms with Crippen LogP contribution in [0.4, 0.5) is 0 Å². The van der Waals surface area contributed by atoms with Crippen LogP contribution in [0.5, 0.6) is 0 Å². The maximum Gasteiger partial charge on any atom is 0.341 e. The van der Waals surface area contributed by atoms with Crippen LogP contribution in [-0.2, 0) is 0 Å². The average molecular weight is 158 g/mol. The number of hydrogen-bond acceptors (Lipinski definition) is 0. The fourth-order valence-corrected chi connectivity index (χ4v) is 0.676. The van der Waals surface area contributed by atoms with Gasteiger partial charge in [-0.3, -0.25) is 16.0 Å². The summed E-state index contributed by atoms with van der Waals surface area (Å²) in [5, 5.41) is 3.08. The van der Waals surface area contributed by atoms with E-state index in [-0.39, 0.29) is 0 Å². The van der Waals surface area contributed by atoms with E-state index in [1.807, 2.05) is 0 Å². The van der Waals surface area contributed by atoms with Gasteiger partial charge in [0.2, 0.25) is 0 Å². The molecule has 0 spiro atoms. The number of nitrogens with two attached hydrogens (primary N) is 1. The number of guanidine groups is 1. The first-order chi connectivity index (χ1) is 5.02. The number of nitrogens with one attached hydrogen (secondary N) is 2. The van der Waals surface area contributed by atoms with E-state index in [1.54, 1.807) is 0 Å². The molecule has 3 heteroatoms. The predicted octanol–water partition coefficient (Wildman–Crippen LogP) is -0.964. The van der Waals surface area contributed by atoms with E-state index < -0.39 is 0 Å². The molecule has 0 amide bonds. The molecule has 0 unspecified atom stereocenters. The Morgan fingerprint density at radius 3 is 2.27 bits per heavy atom. The fraction of sp³-hybridized carbons (Fsp3) is 0.875. The van der Waals surface area contributed by atoms with Gasteiger partial charge in [-0.1, -0.05) is 13.8 Å². The van der Waals surface area contributed by atoms with E-state index in [2.05, 4.69) is 38.0 Å². The summed E-state index contributed by atoms with van der Waals surface area (Å²) >= 11 is 0. The highest BCUT2D eigenvalue weighted by Gasteiger charge is 2.01. The first-order valence-electron chi connectivity index (χ1n) is 4.15. The maximum absolute atomic E-state index is 5.62. The first-order valence-corrected chi connectivity index (χ1v) is 4.15. The quantitative estimate of drug-likeness (QED) is 0.366. The van der Waals surface area contributed by atoms with Crippen LogP contribution in [0, 0.1) is 5.92 Å². The highest BCUT2D eigenvalue weighted by molar-refractivity contribution is 5.71. The Bertz CT molecular complexity index is 127. The molecule has 11 heavy (non-hydrogen) atoms. The summed E-state index contributed by atoms with van der Waals surface area (Å²) in [4.78, 5) is 3.10. The van der Waals surface area contributed by atoms with Crippen molar-refractivity contribution in [1.29, 1.82) is 0 Å². The summed E-state index contributed by atoms with van der Waals surface area (Å²) in [6.45, 7) is 9.34. The van der Waals surface area contributed by atoms with Crippen molar-refractivity contribution in [3.8, 4) is 0 Å². The molecule has 0 aromatic heterocycles. The minimum Gasteiger partial charge on any atom is -0.291 e. The lowest BCUT2D eigenvalue weighted by Gasteiger charge is -2.03. The Kier molecular flexibility index (Phi) is 4.66. The topological polar surface area (TPSA) is 52.0 Å². The summed E-state index contributed by atoms with van der Waals surface area (Å²) in [6.07, 6.45) is 0. The molecule has 0 aromatic carbocycles. The van der Waals surface area contributed by atoms with Gasteiger partial charge >= 0.3 is 5.96 Å². The highest BCUT2D eigenvalue weighted by atomic mass is 15.1. The second-order valence-corrected chi connectivity index (χ2v) is 3.49. The Morgan fingerprint density at radius 2 is 1.91 bits per heavy atom. The van der Waals surface area contributed by atoms with Crippen molar-refractivity contribution in [1.82, 2.24) is 5.32 Å². The zero-order valence-electron chi connectivity index (χ0n) is 7.94. The minimum absolute atomic E-state index is 0.398. The lowest BCUT2D eigenvalue weighted by Crippen LogP contribution is -2.80. The normalized spacial score (nSPS) is 12.7. The predicted molar refractivity (Wildman–Crippen MR) is 48.1 cm³/mol. The van der Waals surface area contributed by atoms with Gasteiger partial charge in [-0.15, -0.1) is 0 Å². The third-order valence-electron chi connectivity index (χ3n) is 1.14. The largest absolute Gasteiger partial charge is 0.341 e. The highest BCUT2D eigenvalue weighted by Crippen LogP contribution is 1.80.